The lowest BCUT2D eigenvalue weighted by molar-refractivity contribution is -0.130. The second-order valence-corrected chi connectivity index (χ2v) is 9.10. The second-order valence-electron chi connectivity index (χ2n) is 9.10. The number of ether oxygens (including phenoxy) is 2. The molecule has 1 aromatic carbocycles. The number of nitrogens with zero attached hydrogens (tertiary/aromatic N) is 1. The number of urea groups is 1. The van der Waals surface area contributed by atoms with Gasteiger partial charge in [0.15, 0.2) is 6.61 Å². The van der Waals surface area contributed by atoms with E-state index in [4.69, 9.17) is 9.47 Å². The molecule has 1 aromatic rings. The first kappa shape index (κ1) is 24.3. The van der Waals surface area contributed by atoms with E-state index >= 15 is 0 Å². The molecule has 32 heavy (non-hydrogen) atoms. The molecular formula is C24H37N3O5. The molecule has 178 valence electrons. The first-order valence-corrected chi connectivity index (χ1v) is 11.6. The van der Waals surface area contributed by atoms with Crippen LogP contribution in [-0.2, 0) is 9.53 Å². The number of benzene rings is 1. The van der Waals surface area contributed by atoms with E-state index < -0.39 is 0 Å². The molecule has 0 bridgehead atoms. The summed E-state index contributed by atoms with van der Waals surface area (Å²) in [7, 11) is 3.37. The fourth-order valence-electron chi connectivity index (χ4n) is 4.61. The number of carbonyl (C=O) groups excluding carboxylic acids is 2. The Morgan fingerprint density at radius 2 is 2.00 bits per heavy atom. The molecule has 8 heteroatoms. The van der Waals surface area contributed by atoms with Crippen LogP contribution in [0.4, 0.5) is 4.79 Å². The van der Waals surface area contributed by atoms with Crippen molar-refractivity contribution >= 4 is 11.9 Å². The molecule has 1 aliphatic heterocycles. The van der Waals surface area contributed by atoms with Crippen molar-refractivity contribution in [1.29, 1.82) is 0 Å². The van der Waals surface area contributed by atoms with Gasteiger partial charge in [0.2, 0.25) is 0 Å². The van der Waals surface area contributed by atoms with Gasteiger partial charge in [0, 0.05) is 31.7 Å². The molecule has 0 spiro atoms. The van der Waals surface area contributed by atoms with Gasteiger partial charge in [0.1, 0.15) is 5.75 Å². The Bertz CT molecular complexity index is 769. The minimum Gasteiger partial charge on any atom is -0.483 e. The molecule has 3 rings (SSSR count). The van der Waals surface area contributed by atoms with E-state index in [0.29, 0.717) is 18.8 Å². The summed E-state index contributed by atoms with van der Waals surface area (Å²) in [5.74, 6) is 0.448. The van der Waals surface area contributed by atoms with E-state index in [1.807, 2.05) is 31.2 Å². The van der Waals surface area contributed by atoms with E-state index in [1.54, 1.807) is 14.1 Å². The highest BCUT2D eigenvalue weighted by Gasteiger charge is 2.48. The molecule has 0 aromatic heterocycles. The van der Waals surface area contributed by atoms with Crippen molar-refractivity contribution in [2.45, 2.75) is 63.6 Å². The summed E-state index contributed by atoms with van der Waals surface area (Å²) in [5, 5.41) is 16.3. The van der Waals surface area contributed by atoms with E-state index in [0.717, 1.165) is 37.7 Å². The molecule has 3 N–H and O–H groups in total. The summed E-state index contributed by atoms with van der Waals surface area (Å²) in [4.78, 5) is 26.5. The van der Waals surface area contributed by atoms with Gasteiger partial charge in [0.05, 0.1) is 24.8 Å². The molecule has 0 radical (unpaired) electrons. The number of rotatable bonds is 10. The Morgan fingerprint density at radius 3 is 2.56 bits per heavy atom. The lowest BCUT2D eigenvalue weighted by atomic mass is 9.63. The van der Waals surface area contributed by atoms with Gasteiger partial charge in [0.25, 0.3) is 5.91 Å². The van der Waals surface area contributed by atoms with Crippen LogP contribution in [-0.4, -0.2) is 68.0 Å². The highest BCUT2D eigenvalue weighted by Crippen LogP contribution is 2.46. The topological polar surface area (TPSA) is 100 Å². The van der Waals surface area contributed by atoms with Gasteiger partial charge in [-0.3, -0.25) is 4.79 Å². The third kappa shape index (κ3) is 5.53. The predicted molar refractivity (Wildman–Crippen MR) is 121 cm³/mol. The van der Waals surface area contributed by atoms with Crippen LogP contribution in [0.25, 0.3) is 0 Å². The number of hydrogen-bond donors (Lipinski definition) is 3. The van der Waals surface area contributed by atoms with Gasteiger partial charge in [-0.15, -0.1) is 0 Å². The van der Waals surface area contributed by atoms with Crippen molar-refractivity contribution in [2.24, 2.45) is 5.41 Å². The summed E-state index contributed by atoms with van der Waals surface area (Å²) < 4.78 is 11.7. The third-order valence-corrected chi connectivity index (χ3v) is 6.81. The summed E-state index contributed by atoms with van der Waals surface area (Å²) >= 11 is 0. The van der Waals surface area contributed by atoms with Crippen molar-refractivity contribution in [1.82, 2.24) is 15.5 Å². The van der Waals surface area contributed by atoms with Crippen molar-refractivity contribution in [2.75, 3.05) is 33.9 Å². The fourth-order valence-corrected chi connectivity index (χ4v) is 4.61. The lowest BCUT2D eigenvalue weighted by Gasteiger charge is -2.48. The number of nitrogens with one attached hydrogen (secondary N) is 2. The van der Waals surface area contributed by atoms with Crippen LogP contribution >= 0.6 is 0 Å². The number of aliphatic hydroxyl groups is 1. The molecule has 1 saturated heterocycles. The van der Waals surface area contributed by atoms with E-state index in [1.165, 1.54) is 4.90 Å². The summed E-state index contributed by atoms with van der Waals surface area (Å²) in [6, 6.07) is 6.68. The summed E-state index contributed by atoms with van der Waals surface area (Å²) in [5.41, 5.74) is 0.521. The molecule has 3 unspecified atom stereocenters. The van der Waals surface area contributed by atoms with Crippen LogP contribution < -0.4 is 15.4 Å². The van der Waals surface area contributed by atoms with E-state index in [2.05, 4.69) is 10.6 Å². The van der Waals surface area contributed by atoms with Gasteiger partial charge >= 0.3 is 6.03 Å². The zero-order valence-electron chi connectivity index (χ0n) is 19.4. The van der Waals surface area contributed by atoms with Crippen molar-refractivity contribution in [3.63, 3.8) is 0 Å². The highest BCUT2D eigenvalue weighted by atomic mass is 16.5. The average molecular weight is 448 g/mol. The molecule has 1 saturated carbocycles. The Kier molecular flexibility index (Phi) is 8.37. The second kappa shape index (κ2) is 11.0. The average Bonchev–Trinajstić information content (AvgIpc) is 3.29. The Balaban J connectivity index is 1.69. The highest BCUT2D eigenvalue weighted by molar-refractivity contribution is 5.77. The first-order valence-electron chi connectivity index (χ1n) is 11.6. The SMILES string of the molecule is CCC(NC(=O)NC(C1CCCO1)C1(CO)CCC1)c1ccccc1OCC(=O)N(C)C. The van der Waals surface area contributed by atoms with Crippen LogP contribution in [0.5, 0.6) is 5.75 Å². The van der Waals surface area contributed by atoms with Crippen LogP contribution in [0, 0.1) is 5.41 Å². The number of para-hydroxylation sites is 1. The maximum absolute atomic E-state index is 13.1. The Hall–Kier alpha value is -2.32. The van der Waals surface area contributed by atoms with Crippen LogP contribution in [0.15, 0.2) is 24.3 Å². The lowest BCUT2D eigenvalue weighted by Crippen LogP contribution is -2.60. The monoisotopic (exact) mass is 447 g/mol. The number of likely N-dealkylation sites (N-methyl/N-ethyl adjacent to an activating group) is 1. The largest absolute Gasteiger partial charge is 0.483 e. The first-order chi connectivity index (χ1) is 15.4. The van der Waals surface area contributed by atoms with Crippen molar-refractivity contribution in [3.05, 3.63) is 29.8 Å². The minimum atomic E-state index is -0.304. The van der Waals surface area contributed by atoms with Gasteiger partial charge in [-0.1, -0.05) is 31.5 Å². The number of amides is 3. The van der Waals surface area contributed by atoms with E-state index in [9.17, 15) is 14.7 Å². The van der Waals surface area contributed by atoms with Crippen LogP contribution in [0.1, 0.15) is 57.1 Å². The van der Waals surface area contributed by atoms with E-state index in [-0.39, 0.29) is 48.8 Å². The maximum atomic E-state index is 13.1. The molecule has 2 aliphatic rings. The molecule has 1 heterocycles. The zero-order chi connectivity index (χ0) is 23.1. The summed E-state index contributed by atoms with van der Waals surface area (Å²) in [6.07, 6.45) is 5.29. The number of hydrogen-bond acceptors (Lipinski definition) is 5. The quantitative estimate of drug-likeness (QED) is 0.512. The van der Waals surface area contributed by atoms with Crippen LogP contribution in [0.3, 0.4) is 0 Å². The molecule has 3 atom stereocenters. The number of aliphatic hydroxyl groups excluding tert-OH is 1. The van der Waals surface area contributed by atoms with Crippen molar-refractivity contribution < 1.29 is 24.2 Å². The van der Waals surface area contributed by atoms with Crippen LogP contribution in [0.2, 0.25) is 0 Å². The molecular weight excluding hydrogens is 410 g/mol. The smallest absolute Gasteiger partial charge is 0.315 e. The Morgan fingerprint density at radius 1 is 1.25 bits per heavy atom. The van der Waals surface area contributed by atoms with Gasteiger partial charge < -0.3 is 30.1 Å². The molecule has 1 aliphatic carbocycles. The maximum Gasteiger partial charge on any atom is 0.315 e. The van der Waals surface area contributed by atoms with Gasteiger partial charge in [-0.05, 0) is 38.2 Å². The normalized spacial score (nSPS) is 21.2. The summed E-state index contributed by atoms with van der Waals surface area (Å²) in [6.45, 7) is 2.67. The predicted octanol–water partition coefficient (Wildman–Crippen LogP) is 2.61. The third-order valence-electron chi connectivity index (χ3n) is 6.81. The van der Waals surface area contributed by atoms with Gasteiger partial charge in [-0.25, -0.2) is 4.79 Å². The molecule has 2 fully saturated rings. The molecule has 3 amide bonds. The van der Waals surface area contributed by atoms with Gasteiger partial charge in [-0.2, -0.15) is 0 Å². The van der Waals surface area contributed by atoms with Crippen molar-refractivity contribution in [3.8, 4) is 5.75 Å². The zero-order valence-corrected chi connectivity index (χ0v) is 19.4. The standard InChI is InChI=1S/C24H37N3O5/c1-4-18(17-9-5-6-10-19(17)32-15-21(29)27(2)3)25-23(30)26-22(20-11-7-14-31-20)24(16-28)12-8-13-24/h5-6,9-10,18,20,22,28H,4,7-8,11-16H2,1-3H3,(H2,25,26,30). The fraction of sp³-hybridized carbons (Fsp3) is 0.667. The minimum absolute atomic E-state index is 0.0472. The Labute approximate surface area is 190 Å². The number of carbonyl (C=O) groups is 2. The molecule has 8 nitrogen and oxygen atoms in total.